The summed E-state index contributed by atoms with van der Waals surface area (Å²) in [5.74, 6) is -0.940. The van der Waals surface area contributed by atoms with Crippen molar-refractivity contribution in [3.63, 3.8) is 0 Å². The van der Waals surface area contributed by atoms with E-state index in [1.54, 1.807) is 29.3 Å². The molecular weight excluding hydrogens is 499 g/mol. The summed E-state index contributed by atoms with van der Waals surface area (Å²) in [4.78, 5) is 29.7. The van der Waals surface area contributed by atoms with E-state index in [-0.39, 0.29) is 30.1 Å². The normalized spacial score (nSPS) is 19.3. The average molecular weight is 521 g/mol. The first-order valence-electron chi connectivity index (χ1n) is 11.4. The molecule has 36 heavy (non-hydrogen) atoms. The monoisotopic (exact) mass is 520 g/mol. The Bertz CT molecular complexity index is 1380. The Morgan fingerprint density at radius 3 is 2.56 bits per heavy atom. The minimum absolute atomic E-state index is 0.00117. The highest BCUT2D eigenvalue weighted by molar-refractivity contribution is 8.15. The number of carbonyl (C=O) groups is 2. The van der Waals surface area contributed by atoms with E-state index < -0.39 is 5.25 Å². The fourth-order valence-electron chi connectivity index (χ4n) is 4.14. The van der Waals surface area contributed by atoms with Crippen molar-refractivity contribution in [3.05, 3.63) is 100 Å². The van der Waals surface area contributed by atoms with Crippen molar-refractivity contribution >= 4 is 51.7 Å². The van der Waals surface area contributed by atoms with Crippen LogP contribution in [0.25, 0.3) is 0 Å². The fraction of sp³-hybridized carbons (Fsp3) is 0.185. The largest absolute Gasteiger partial charge is 0.326 e. The Hall–Kier alpha value is -3.49. The van der Waals surface area contributed by atoms with Gasteiger partial charge in [0.05, 0.1) is 11.8 Å². The molecule has 0 fully saturated rings. The molecular formula is C27H22ClFN4O2S. The summed E-state index contributed by atoms with van der Waals surface area (Å²) >= 11 is 7.32. The molecule has 182 valence electrons. The number of carbonyl (C=O) groups excluding carboxylic acids is 2. The molecule has 9 heteroatoms. The second-order valence-corrected chi connectivity index (χ2v) is 10.2. The van der Waals surface area contributed by atoms with Crippen molar-refractivity contribution < 1.29 is 14.0 Å². The number of aryl methyl sites for hydroxylation is 1. The zero-order valence-electron chi connectivity index (χ0n) is 19.3. The van der Waals surface area contributed by atoms with E-state index in [9.17, 15) is 14.0 Å². The van der Waals surface area contributed by atoms with Gasteiger partial charge in [-0.05, 0) is 53.9 Å². The van der Waals surface area contributed by atoms with E-state index in [4.69, 9.17) is 16.7 Å². The van der Waals surface area contributed by atoms with E-state index in [0.29, 0.717) is 16.6 Å². The lowest BCUT2D eigenvalue weighted by Crippen LogP contribution is -2.25. The molecule has 0 aliphatic carbocycles. The summed E-state index contributed by atoms with van der Waals surface area (Å²) < 4.78 is 13.5. The maximum atomic E-state index is 13.5. The van der Waals surface area contributed by atoms with Gasteiger partial charge in [0.15, 0.2) is 5.17 Å². The number of para-hydroxylation sites is 1. The number of amidine groups is 1. The van der Waals surface area contributed by atoms with Gasteiger partial charge < -0.3 is 5.32 Å². The van der Waals surface area contributed by atoms with E-state index in [0.717, 1.165) is 28.1 Å². The number of hydrogen-bond acceptors (Lipinski definition) is 5. The van der Waals surface area contributed by atoms with Gasteiger partial charge in [-0.3, -0.25) is 9.59 Å². The van der Waals surface area contributed by atoms with Crippen molar-refractivity contribution in [1.82, 2.24) is 5.01 Å². The van der Waals surface area contributed by atoms with Crippen LogP contribution in [-0.4, -0.2) is 33.0 Å². The summed E-state index contributed by atoms with van der Waals surface area (Å²) in [5, 5.41) is 9.78. The molecule has 0 saturated carbocycles. The minimum atomic E-state index is -0.639. The first-order valence-corrected chi connectivity index (χ1v) is 12.7. The molecule has 2 heterocycles. The lowest BCUT2D eigenvalue weighted by molar-refractivity contribution is -0.121. The summed E-state index contributed by atoms with van der Waals surface area (Å²) in [6, 6.07) is 20.9. The molecule has 2 atom stereocenters. The van der Waals surface area contributed by atoms with E-state index in [1.165, 1.54) is 23.9 Å². The molecule has 0 spiro atoms. The molecule has 2 aliphatic rings. The number of nitrogens with zero attached hydrogens (tertiary/aromatic N) is 3. The van der Waals surface area contributed by atoms with Crippen LogP contribution in [0.5, 0.6) is 0 Å². The topological polar surface area (TPSA) is 74.1 Å². The molecule has 0 saturated heterocycles. The van der Waals surface area contributed by atoms with Crippen LogP contribution in [0, 0.1) is 12.7 Å². The first-order chi connectivity index (χ1) is 17.4. The predicted octanol–water partition coefficient (Wildman–Crippen LogP) is 5.97. The van der Waals surface area contributed by atoms with E-state index >= 15 is 0 Å². The van der Waals surface area contributed by atoms with Gasteiger partial charge in [0.2, 0.25) is 5.91 Å². The van der Waals surface area contributed by atoms with Gasteiger partial charge in [0.25, 0.3) is 5.91 Å². The van der Waals surface area contributed by atoms with Crippen LogP contribution < -0.4 is 5.32 Å². The molecule has 0 bridgehead atoms. The summed E-state index contributed by atoms with van der Waals surface area (Å²) in [6.07, 6.45) is 0.540. The highest BCUT2D eigenvalue weighted by Crippen LogP contribution is 2.39. The van der Waals surface area contributed by atoms with Gasteiger partial charge in [0, 0.05) is 23.6 Å². The van der Waals surface area contributed by atoms with Crippen molar-refractivity contribution in [2.45, 2.75) is 31.1 Å². The lowest BCUT2D eigenvalue weighted by Gasteiger charge is -2.23. The van der Waals surface area contributed by atoms with Crippen LogP contribution in [0.1, 0.15) is 35.6 Å². The number of aliphatic imine (C=N–C) groups is 1. The van der Waals surface area contributed by atoms with Gasteiger partial charge in [-0.1, -0.05) is 65.8 Å². The van der Waals surface area contributed by atoms with Crippen molar-refractivity contribution in [2.24, 2.45) is 10.1 Å². The third-order valence-electron chi connectivity index (χ3n) is 6.06. The number of anilines is 1. The van der Waals surface area contributed by atoms with Gasteiger partial charge in [0.1, 0.15) is 11.1 Å². The molecule has 6 nitrogen and oxygen atoms in total. The van der Waals surface area contributed by atoms with Crippen LogP contribution in [-0.2, 0) is 9.59 Å². The van der Waals surface area contributed by atoms with Crippen LogP contribution >= 0.6 is 23.4 Å². The van der Waals surface area contributed by atoms with E-state index in [1.807, 2.05) is 43.3 Å². The Kier molecular flexibility index (Phi) is 6.89. The number of nitrogens with one attached hydrogen (secondary N) is 1. The summed E-state index contributed by atoms with van der Waals surface area (Å²) in [6.45, 7) is 1.91. The molecule has 2 unspecified atom stereocenters. The quantitative estimate of drug-likeness (QED) is 0.450. The Morgan fingerprint density at radius 1 is 1.11 bits per heavy atom. The van der Waals surface area contributed by atoms with Crippen LogP contribution in [0.15, 0.2) is 82.9 Å². The van der Waals surface area contributed by atoms with Crippen molar-refractivity contribution in [3.8, 4) is 0 Å². The first kappa shape index (κ1) is 24.2. The molecule has 5 rings (SSSR count). The van der Waals surface area contributed by atoms with Gasteiger partial charge in [-0.25, -0.2) is 9.40 Å². The van der Waals surface area contributed by atoms with E-state index in [2.05, 4.69) is 10.3 Å². The third-order valence-corrected chi connectivity index (χ3v) is 7.45. The molecule has 1 N–H and O–H groups in total. The molecule has 3 aromatic carbocycles. The third kappa shape index (κ3) is 5.20. The van der Waals surface area contributed by atoms with Crippen LogP contribution in [0.2, 0.25) is 5.02 Å². The van der Waals surface area contributed by atoms with Crippen molar-refractivity contribution in [1.29, 1.82) is 0 Å². The second-order valence-electron chi connectivity index (χ2n) is 8.58. The SMILES string of the molecule is Cc1ccccc1NC(=O)CC1SC(N2N=C(c3ccc(F)cc3)CC2c2ccc(Cl)cc2)=NC1=O. The average Bonchev–Trinajstić information content (AvgIpc) is 3.45. The van der Waals surface area contributed by atoms with Gasteiger partial charge >= 0.3 is 0 Å². The lowest BCUT2D eigenvalue weighted by atomic mass is 9.99. The number of hydrazone groups is 1. The predicted molar refractivity (Wildman–Crippen MR) is 142 cm³/mol. The van der Waals surface area contributed by atoms with Gasteiger partial charge in [-0.2, -0.15) is 10.1 Å². The Balaban J connectivity index is 1.36. The summed E-state index contributed by atoms with van der Waals surface area (Å²) in [7, 11) is 0. The maximum absolute atomic E-state index is 13.5. The molecule has 0 radical (unpaired) electrons. The second kappa shape index (κ2) is 10.2. The summed E-state index contributed by atoms with van der Waals surface area (Å²) in [5.41, 5.74) is 4.17. The highest BCUT2D eigenvalue weighted by Gasteiger charge is 2.39. The zero-order chi connectivity index (χ0) is 25.2. The number of thioether (sulfide) groups is 1. The number of halogens is 2. The van der Waals surface area contributed by atoms with Gasteiger partial charge in [-0.15, -0.1) is 0 Å². The standard InChI is InChI=1S/C27H22ClFN4O2S/c1-16-4-2-3-5-21(16)30-25(34)15-24-26(35)31-27(36-24)33-23(18-6-10-19(28)11-7-18)14-22(32-33)17-8-12-20(29)13-9-17/h2-13,23-24H,14-15H2,1H3,(H,30,34). The minimum Gasteiger partial charge on any atom is -0.326 e. The van der Waals surface area contributed by atoms with Crippen molar-refractivity contribution in [2.75, 3.05) is 5.32 Å². The molecule has 0 aromatic heterocycles. The Morgan fingerprint density at radius 2 is 1.83 bits per heavy atom. The zero-order valence-corrected chi connectivity index (χ0v) is 20.9. The fourth-order valence-corrected chi connectivity index (χ4v) is 5.32. The van der Waals surface area contributed by atoms with Crippen LogP contribution in [0.4, 0.5) is 10.1 Å². The van der Waals surface area contributed by atoms with Crippen LogP contribution in [0.3, 0.4) is 0 Å². The maximum Gasteiger partial charge on any atom is 0.262 e. The highest BCUT2D eigenvalue weighted by atomic mass is 35.5. The smallest absolute Gasteiger partial charge is 0.262 e. The number of amides is 2. The molecule has 3 aromatic rings. The number of rotatable bonds is 5. The molecule has 2 aliphatic heterocycles. The Labute approximate surface area is 217 Å². The number of hydrogen-bond donors (Lipinski definition) is 1. The number of benzene rings is 3. The molecule has 2 amide bonds.